The molecule has 0 aromatic carbocycles. The second kappa shape index (κ2) is 11.3. The second-order valence-corrected chi connectivity index (χ2v) is 15.7. The number of carbonyl (C=O) groups excluding carboxylic acids is 3. The Labute approximate surface area is 241 Å². The molecule has 3 aliphatic heterocycles. The number of halogens is 1. The smallest absolute Gasteiger partial charge is 0.247 e. The quantitative estimate of drug-likeness (QED) is 0.281. The summed E-state index contributed by atoms with van der Waals surface area (Å²) in [6, 6.07) is -1.27. The van der Waals surface area contributed by atoms with Crippen LogP contribution in [-0.2, 0) is 14.4 Å². The van der Waals surface area contributed by atoms with Crippen LogP contribution in [0.5, 0.6) is 0 Å². The molecule has 3 unspecified atom stereocenters. The molecule has 38 heavy (non-hydrogen) atoms. The highest BCUT2D eigenvalue weighted by Gasteiger charge is 2.76. The zero-order valence-electron chi connectivity index (χ0n) is 24.1. The van der Waals surface area contributed by atoms with Crippen LogP contribution in [0.15, 0.2) is 25.3 Å². The number of hydrogen-bond donors (Lipinski definition) is 1. The molecule has 214 valence electrons. The molecule has 0 aromatic heterocycles. The molecule has 7 nitrogen and oxygen atoms in total. The maximum Gasteiger partial charge on any atom is 0.247 e. The zero-order valence-corrected chi connectivity index (χ0v) is 26.5. The van der Waals surface area contributed by atoms with Crippen LogP contribution >= 0.6 is 27.7 Å². The Kier molecular flexibility index (Phi) is 9.26. The van der Waals surface area contributed by atoms with E-state index >= 15 is 0 Å². The van der Waals surface area contributed by atoms with Crippen LogP contribution in [0.1, 0.15) is 60.8 Å². The van der Waals surface area contributed by atoms with Gasteiger partial charge in [0.25, 0.3) is 0 Å². The van der Waals surface area contributed by atoms with E-state index in [1.165, 1.54) is 0 Å². The molecule has 1 N–H and O–H groups in total. The molecule has 0 aromatic rings. The minimum atomic E-state index is -0.770. The summed E-state index contributed by atoms with van der Waals surface area (Å²) in [5.74, 6) is -1.55. The first-order valence-electron chi connectivity index (χ1n) is 13.6. The van der Waals surface area contributed by atoms with E-state index < -0.39 is 34.2 Å². The van der Waals surface area contributed by atoms with Gasteiger partial charge < -0.3 is 19.8 Å². The topological polar surface area (TPSA) is 81.2 Å². The first kappa shape index (κ1) is 31.2. The van der Waals surface area contributed by atoms with Crippen molar-refractivity contribution in [3.63, 3.8) is 0 Å². The molecule has 0 radical (unpaired) electrons. The van der Waals surface area contributed by atoms with E-state index in [0.717, 1.165) is 6.42 Å². The normalized spacial score (nSPS) is 31.2. The van der Waals surface area contributed by atoms with Gasteiger partial charge in [0.05, 0.1) is 29.2 Å². The third-order valence-corrected chi connectivity index (χ3v) is 11.6. The van der Waals surface area contributed by atoms with E-state index in [-0.39, 0.29) is 39.8 Å². The second-order valence-electron chi connectivity index (χ2n) is 12.9. The van der Waals surface area contributed by atoms with Gasteiger partial charge in [0.15, 0.2) is 0 Å². The van der Waals surface area contributed by atoms with Gasteiger partial charge in [-0.15, -0.1) is 24.9 Å². The van der Waals surface area contributed by atoms with Crippen molar-refractivity contribution in [1.29, 1.82) is 0 Å². The Balaban J connectivity index is 2.16. The van der Waals surface area contributed by atoms with E-state index in [1.807, 2.05) is 11.8 Å². The summed E-state index contributed by atoms with van der Waals surface area (Å²) in [4.78, 5) is 47.9. The van der Waals surface area contributed by atoms with Crippen LogP contribution in [0.25, 0.3) is 0 Å². The van der Waals surface area contributed by atoms with Crippen LogP contribution in [-0.4, -0.2) is 96.7 Å². The number of aliphatic hydroxyl groups is 1. The number of thioether (sulfide) groups is 1. The van der Waals surface area contributed by atoms with Crippen molar-refractivity contribution in [2.24, 2.45) is 17.3 Å². The highest BCUT2D eigenvalue weighted by atomic mass is 79.9. The summed E-state index contributed by atoms with van der Waals surface area (Å²) in [5.41, 5.74) is -0.524. The van der Waals surface area contributed by atoms with Crippen LogP contribution in [0, 0.1) is 17.3 Å². The van der Waals surface area contributed by atoms with Gasteiger partial charge in [0.1, 0.15) is 6.04 Å². The van der Waals surface area contributed by atoms with Gasteiger partial charge in [-0.2, -0.15) is 0 Å². The predicted octanol–water partition coefficient (Wildman–Crippen LogP) is 4.10. The summed E-state index contributed by atoms with van der Waals surface area (Å²) in [7, 11) is 1.74. The van der Waals surface area contributed by atoms with Crippen molar-refractivity contribution in [2.75, 3.05) is 26.7 Å². The largest absolute Gasteiger partial charge is 0.394 e. The highest BCUT2D eigenvalue weighted by Crippen LogP contribution is 2.68. The number of fused-ring (bicyclic) bond motifs is 1. The van der Waals surface area contributed by atoms with Crippen molar-refractivity contribution in [2.45, 2.75) is 93.3 Å². The maximum absolute atomic E-state index is 14.8. The SMILES string of the molecule is C=CCN(C)C(=O)[C@H]1[C@@H]2SC3(CC2Br)C(C(=O)N(CC=C)C(C)(C)CC(C)(C)C)N([C@@H](CC)CO)C(=O)[C@H]13. The van der Waals surface area contributed by atoms with Gasteiger partial charge in [-0.05, 0) is 38.5 Å². The first-order chi connectivity index (χ1) is 17.6. The molecule has 2 bridgehead atoms. The summed E-state index contributed by atoms with van der Waals surface area (Å²) in [6.07, 6.45) is 5.31. The molecule has 9 heteroatoms. The average molecular weight is 613 g/mol. The monoisotopic (exact) mass is 611 g/mol. The van der Waals surface area contributed by atoms with Crippen molar-refractivity contribution in [3.05, 3.63) is 25.3 Å². The summed E-state index contributed by atoms with van der Waals surface area (Å²) >= 11 is 5.46. The fourth-order valence-corrected chi connectivity index (χ4v) is 10.9. The molecule has 3 fully saturated rings. The molecule has 0 saturated carbocycles. The Morgan fingerprint density at radius 2 is 1.82 bits per heavy atom. The Hall–Kier alpha value is -1.32. The summed E-state index contributed by atoms with van der Waals surface area (Å²) < 4.78 is -0.748. The van der Waals surface area contributed by atoms with Crippen molar-refractivity contribution in [3.8, 4) is 0 Å². The lowest BCUT2D eigenvalue weighted by Crippen LogP contribution is -2.61. The van der Waals surface area contributed by atoms with E-state index in [9.17, 15) is 19.5 Å². The third-order valence-electron chi connectivity index (χ3n) is 8.37. The van der Waals surface area contributed by atoms with E-state index in [0.29, 0.717) is 25.9 Å². The molecule has 3 saturated heterocycles. The highest BCUT2D eigenvalue weighted by molar-refractivity contribution is 9.09. The van der Waals surface area contributed by atoms with Gasteiger partial charge in [-0.25, -0.2) is 0 Å². The van der Waals surface area contributed by atoms with Crippen LogP contribution < -0.4 is 0 Å². The third kappa shape index (κ3) is 5.24. The number of nitrogens with zero attached hydrogens (tertiary/aromatic N) is 3. The Morgan fingerprint density at radius 1 is 1.21 bits per heavy atom. The first-order valence-corrected chi connectivity index (χ1v) is 15.4. The van der Waals surface area contributed by atoms with Crippen molar-refractivity contribution < 1.29 is 19.5 Å². The van der Waals surface area contributed by atoms with Gasteiger partial charge >= 0.3 is 0 Å². The van der Waals surface area contributed by atoms with Gasteiger partial charge in [0, 0.05) is 35.8 Å². The number of aliphatic hydroxyl groups excluding tert-OH is 1. The summed E-state index contributed by atoms with van der Waals surface area (Å²) in [6.45, 7) is 20.7. The van der Waals surface area contributed by atoms with Gasteiger partial charge in [-0.3, -0.25) is 14.4 Å². The molecular weight excluding hydrogens is 566 g/mol. The van der Waals surface area contributed by atoms with Gasteiger partial charge in [-0.1, -0.05) is 55.8 Å². The van der Waals surface area contributed by atoms with Crippen molar-refractivity contribution in [1.82, 2.24) is 14.7 Å². The number of carbonyl (C=O) groups is 3. The molecular formula is C29H46BrN3O4S. The van der Waals surface area contributed by atoms with Gasteiger partial charge in [0.2, 0.25) is 17.7 Å². The molecule has 3 aliphatic rings. The number of hydrogen-bond acceptors (Lipinski definition) is 5. The lowest BCUT2D eigenvalue weighted by Gasteiger charge is -2.46. The van der Waals surface area contributed by atoms with E-state index in [4.69, 9.17) is 0 Å². The number of likely N-dealkylation sites (N-methyl/N-ethyl adjacent to an activating group) is 1. The molecule has 3 rings (SSSR count). The minimum absolute atomic E-state index is 0.00234. The molecule has 3 heterocycles. The Morgan fingerprint density at radius 3 is 2.32 bits per heavy atom. The van der Waals surface area contributed by atoms with Crippen LogP contribution in [0.2, 0.25) is 0 Å². The number of likely N-dealkylation sites (tertiary alicyclic amines) is 1. The lowest BCUT2D eigenvalue weighted by molar-refractivity contribution is -0.149. The van der Waals surface area contributed by atoms with Crippen LogP contribution in [0.4, 0.5) is 0 Å². The molecule has 7 atom stereocenters. The number of amides is 3. The molecule has 3 amide bonds. The fraction of sp³-hybridized carbons (Fsp3) is 0.759. The zero-order chi connectivity index (χ0) is 28.8. The maximum atomic E-state index is 14.8. The molecule has 1 spiro atoms. The minimum Gasteiger partial charge on any atom is -0.394 e. The number of rotatable bonds is 11. The molecule has 0 aliphatic carbocycles. The van der Waals surface area contributed by atoms with E-state index in [2.05, 4.69) is 63.7 Å². The fourth-order valence-electron chi connectivity index (χ4n) is 7.28. The predicted molar refractivity (Wildman–Crippen MR) is 158 cm³/mol. The van der Waals surface area contributed by atoms with E-state index in [1.54, 1.807) is 40.8 Å². The average Bonchev–Trinajstić information content (AvgIpc) is 3.40. The Bertz CT molecular complexity index is 962. The number of alkyl halides is 1. The standard InChI is InChI=1S/C29H46BrN3O4S/c1-10-13-31(9)24(35)20-21-25(36)33(18(12-3)16-34)23(29(21)15-19(30)22(20)38-29)26(37)32(14-11-2)28(7,8)17-27(4,5)6/h10-11,18-23,34H,1-2,12-17H2,3-9H3/t18-,19?,20+,21-,22+,23?,29?/m0/s1. The lowest BCUT2D eigenvalue weighted by atomic mass is 9.70. The summed E-state index contributed by atoms with van der Waals surface area (Å²) in [5, 5.41) is 10.2. The van der Waals surface area contributed by atoms with Crippen molar-refractivity contribution >= 4 is 45.4 Å². The van der Waals surface area contributed by atoms with Crippen LogP contribution in [0.3, 0.4) is 0 Å².